The van der Waals surface area contributed by atoms with E-state index in [0.29, 0.717) is 12.1 Å². The largest absolute Gasteiger partial charge is 0.385 e. The fraction of sp³-hybridized carbons (Fsp3) is 0.211. The minimum absolute atomic E-state index is 0.0763. The van der Waals surface area contributed by atoms with Crippen LogP contribution in [0.15, 0.2) is 53.3 Å². The summed E-state index contributed by atoms with van der Waals surface area (Å²) in [6, 6.07) is 9.23. The summed E-state index contributed by atoms with van der Waals surface area (Å²) >= 11 is 0. The predicted molar refractivity (Wildman–Crippen MR) is 92.6 cm³/mol. The lowest BCUT2D eigenvalue weighted by molar-refractivity contribution is 0.0773. The molecule has 0 fully saturated rings. The summed E-state index contributed by atoms with van der Waals surface area (Å²) in [4.78, 5) is 18.5. The normalized spacial score (nSPS) is 12.0. The molecule has 0 aliphatic rings. The van der Waals surface area contributed by atoms with Gasteiger partial charge in [0.15, 0.2) is 5.76 Å². The number of amides is 1. The van der Waals surface area contributed by atoms with Gasteiger partial charge in [0.2, 0.25) is 0 Å². The highest BCUT2D eigenvalue weighted by Crippen LogP contribution is 2.30. The van der Waals surface area contributed by atoms with Crippen LogP contribution in [0.1, 0.15) is 34.7 Å². The minimum Gasteiger partial charge on any atom is -0.385 e. The number of nitrogens with zero attached hydrogens (tertiary/aromatic N) is 3. The molecule has 0 aliphatic carbocycles. The van der Waals surface area contributed by atoms with Gasteiger partial charge in [0.25, 0.3) is 5.91 Å². The molecule has 0 spiro atoms. The number of aliphatic hydroxyl groups excluding tert-OH is 1. The molecule has 1 aromatic carbocycles. The zero-order valence-corrected chi connectivity index (χ0v) is 14.4. The number of carbonyl (C=O) groups is 1. The summed E-state index contributed by atoms with van der Waals surface area (Å²) < 4.78 is 18.4. The molecule has 3 aromatic rings. The zero-order valence-electron chi connectivity index (χ0n) is 14.4. The molecule has 1 N–H and O–H groups in total. The van der Waals surface area contributed by atoms with Gasteiger partial charge < -0.3 is 14.5 Å². The smallest absolute Gasteiger partial charge is 0.259 e. The second-order valence-corrected chi connectivity index (χ2v) is 5.98. The Morgan fingerprint density at radius 1 is 1.31 bits per heavy atom. The van der Waals surface area contributed by atoms with Gasteiger partial charge in [0, 0.05) is 31.5 Å². The van der Waals surface area contributed by atoms with Crippen LogP contribution in [0.25, 0.3) is 11.3 Å². The maximum atomic E-state index is 13.2. The number of hydrogen-bond acceptors (Lipinski definition) is 5. The van der Waals surface area contributed by atoms with Crippen molar-refractivity contribution in [1.82, 2.24) is 15.0 Å². The van der Waals surface area contributed by atoms with Crippen molar-refractivity contribution in [2.24, 2.45) is 0 Å². The number of benzene rings is 1. The number of pyridine rings is 1. The summed E-state index contributed by atoms with van der Waals surface area (Å²) in [5, 5.41) is 13.9. The minimum atomic E-state index is -1.01. The third-order valence-corrected chi connectivity index (χ3v) is 3.92. The van der Waals surface area contributed by atoms with Crippen molar-refractivity contribution in [1.29, 1.82) is 0 Å². The third-order valence-electron chi connectivity index (χ3n) is 3.92. The van der Waals surface area contributed by atoms with Crippen LogP contribution < -0.4 is 0 Å². The fourth-order valence-electron chi connectivity index (χ4n) is 2.63. The predicted octanol–water partition coefficient (Wildman–Crippen LogP) is 3.20. The Hall–Kier alpha value is -3.06. The highest BCUT2D eigenvalue weighted by atomic mass is 19.1. The molecule has 0 aliphatic heterocycles. The van der Waals surface area contributed by atoms with Crippen molar-refractivity contribution in [2.45, 2.75) is 19.6 Å². The Kier molecular flexibility index (Phi) is 5.09. The van der Waals surface area contributed by atoms with Gasteiger partial charge in [-0.25, -0.2) is 4.39 Å². The molecule has 0 bridgehead atoms. The summed E-state index contributed by atoms with van der Waals surface area (Å²) in [5.41, 5.74) is 1.82. The van der Waals surface area contributed by atoms with Crippen LogP contribution in [0.3, 0.4) is 0 Å². The third kappa shape index (κ3) is 3.62. The molecule has 0 radical (unpaired) electrons. The number of aliphatic hydroxyl groups is 1. The van der Waals surface area contributed by atoms with Gasteiger partial charge in [0.05, 0.1) is 0 Å². The van der Waals surface area contributed by atoms with Crippen molar-refractivity contribution in [3.05, 3.63) is 71.5 Å². The molecule has 7 heteroatoms. The Morgan fingerprint density at radius 2 is 2.04 bits per heavy atom. The number of hydrogen-bond donors (Lipinski definition) is 1. The summed E-state index contributed by atoms with van der Waals surface area (Å²) in [7, 11) is 1.64. The number of aromatic nitrogens is 2. The number of halogens is 1. The summed E-state index contributed by atoms with van der Waals surface area (Å²) in [6.07, 6.45) is 2.32. The van der Waals surface area contributed by atoms with Crippen LogP contribution in [-0.4, -0.2) is 33.1 Å². The Balaban J connectivity index is 1.97. The van der Waals surface area contributed by atoms with Crippen LogP contribution in [-0.2, 0) is 6.54 Å². The van der Waals surface area contributed by atoms with E-state index in [1.807, 2.05) is 6.07 Å². The molecule has 2 aromatic heterocycles. The first-order valence-electron chi connectivity index (χ1n) is 8.05. The van der Waals surface area contributed by atoms with E-state index in [1.54, 1.807) is 25.5 Å². The first kappa shape index (κ1) is 17.8. The Morgan fingerprint density at radius 3 is 2.65 bits per heavy atom. The highest BCUT2D eigenvalue weighted by molar-refractivity contribution is 6.00. The molecule has 2 heterocycles. The first-order valence-corrected chi connectivity index (χ1v) is 8.05. The quantitative estimate of drug-likeness (QED) is 0.760. The van der Waals surface area contributed by atoms with Gasteiger partial charge in [-0.05, 0) is 42.8 Å². The van der Waals surface area contributed by atoms with Crippen LogP contribution in [0.5, 0.6) is 0 Å². The first-order chi connectivity index (χ1) is 12.5. The molecular weight excluding hydrogens is 337 g/mol. The Labute approximate surface area is 149 Å². The molecule has 1 atom stereocenters. The zero-order chi connectivity index (χ0) is 18.7. The maximum Gasteiger partial charge on any atom is 0.259 e. The molecule has 0 saturated heterocycles. The van der Waals surface area contributed by atoms with Crippen molar-refractivity contribution < 1.29 is 18.8 Å². The molecular formula is C19H18FN3O3. The standard InChI is InChI=1S/C19H18FN3O3/c1-12(24)18-16(17(22-26-18)14-5-7-15(20)8-6-14)19(25)23(2)11-13-4-3-9-21-10-13/h3-10,12,24H,11H2,1-2H3/t12-/m0/s1. The topological polar surface area (TPSA) is 79.5 Å². The SMILES string of the molecule is C[C@H](O)c1onc(-c2ccc(F)cc2)c1C(=O)N(C)Cc1cccnc1. The van der Waals surface area contributed by atoms with Gasteiger partial charge in [-0.15, -0.1) is 0 Å². The van der Waals surface area contributed by atoms with Crippen LogP contribution in [0.4, 0.5) is 4.39 Å². The van der Waals surface area contributed by atoms with Crippen LogP contribution in [0, 0.1) is 5.82 Å². The molecule has 0 saturated carbocycles. The second-order valence-electron chi connectivity index (χ2n) is 5.98. The highest BCUT2D eigenvalue weighted by Gasteiger charge is 2.28. The number of carbonyl (C=O) groups excluding carboxylic acids is 1. The lowest BCUT2D eigenvalue weighted by Gasteiger charge is -2.18. The average Bonchev–Trinajstić information content (AvgIpc) is 3.07. The lowest BCUT2D eigenvalue weighted by Crippen LogP contribution is -2.27. The van der Waals surface area contributed by atoms with Crippen molar-refractivity contribution in [3.63, 3.8) is 0 Å². The lowest BCUT2D eigenvalue weighted by atomic mass is 10.0. The van der Waals surface area contributed by atoms with E-state index < -0.39 is 11.9 Å². The van der Waals surface area contributed by atoms with E-state index in [9.17, 15) is 14.3 Å². The van der Waals surface area contributed by atoms with E-state index in [4.69, 9.17) is 4.52 Å². The van der Waals surface area contributed by atoms with E-state index >= 15 is 0 Å². The van der Waals surface area contributed by atoms with Gasteiger partial charge >= 0.3 is 0 Å². The fourth-order valence-corrected chi connectivity index (χ4v) is 2.63. The number of rotatable bonds is 5. The van der Waals surface area contributed by atoms with E-state index in [-0.39, 0.29) is 22.9 Å². The van der Waals surface area contributed by atoms with E-state index in [1.165, 1.54) is 36.1 Å². The van der Waals surface area contributed by atoms with Gasteiger partial charge in [-0.1, -0.05) is 11.2 Å². The molecule has 3 rings (SSSR count). The van der Waals surface area contributed by atoms with Crippen LogP contribution in [0.2, 0.25) is 0 Å². The van der Waals surface area contributed by atoms with Crippen molar-refractivity contribution in [2.75, 3.05) is 7.05 Å². The van der Waals surface area contributed by atoms with Crippen molar-refractivity contribution >= 4 is 5.91 Å². The monoisotopic (exact) mass is 355 g/mol. The van der Waals surface area contributed by atoms with Gasteiger partial charge in [-0.3, -0.25) is 9.78 Å². The van der Waals surface area contributed by atoms with E-state index in [2.05, 4.69) is 10.1 Å². The van der Waals surface area contributed by atoms with Gasteiger partial charge in [0.1, 0.15) is 23.2 Å². The summed E-state index contributed by atoms with van der Waals surface area (Å²) in [5.74, 6) is -0.674. The second kappa shape index (κ2) is 7.45. The van der Waals surface area contributed by atoms with Gasteiger partial charge in [-0.2, -0.15) is 0 Å². The van der Waals surface area contributed by atoms with E-state index in [0.717, 1.165) is 5.56 Å². The molecule has 0 unspecified atom stereocenters. The Bertz CT molecular complexity index is 892. The van der Waals surface area contributed by atoms with Crippen molar-refractivity contribution in [3.8, 4) is 11.3 Å². The summed E-state index contributed by atoms with van der Waals surface area (Å²) in [6.45, 7) is 1.83. The molecule has 1 amide bonds. The van der Waals surface area contributed by atoms with Crippen LogP contribution >= 0.6 is 0 Å². The molecule has 6 nitrogen and oxygen atoms in total. The maximum absolute atomic E-state index is 13.2. The average molecular weight is 355 g/mol. The molecule has 26 heavy (non-hydrogen) atoms. The molecule has 134 valence electrons.